The van der Waals surface area contributed by atoms with Crippen LogP contribution in [0.2, 0.25) is 0 Å². The summed E-state index contributed by atoms with van der Waals surface area (Å²) in [6.45, 7) is 0. The Kier molecular flexibility index (Phi) is 8.54. The monoisotopic (exact) mass is 187 g/mol. The molecule has 9 heavy (non-hydrogen) atoms. The van der Waals surface area contributed by atoms with Crippen molar-refractivity contribution in [1.29, 1.82) is 0 Å². The molecule has 0 rings (SSSR count). The van der Waals surface area contributed by atoms with Gasteiger partial charge in [0.1, 0.15) is 18.6 Å². The Morgan fingerprint density at radius 1 is 1.33 bits per heavy atom. The number of hydrogen-bond donors (Lipinski definition) is 0. The van der Waals surface area contributed by atoms with E-state index in [1.807, 2.05) is 18.7 Å². The summed E-state index contributed by atoms with van der Waals surface area (Å²) < 4.78 is 2.13. The van der Waals surface area contributed by atoms with Gasteiger partial charge in [-0.1, -0.05) is 23.2 Å². The Labute approximate surface area is 71.4 Å². The standard InChI is InChI=1S/C5H8Cl2N.ClH/c1-8(2)4-3-5(6)7;/h3-4H,1-2H3;1H/q+1;/p-1. The lowest BCUT2D eigenvalue weighted by Gasteiger charge is -1.77. The maximum absolute atomic E-state index is 5.29. The van der Waals surface area contributed by atoms with Gasteiger partial charge in [0.05, 0.1) is 0 Å². The fourth-order valence-electron chi connectivity index (χ4n) is 0.205. The van der Waals surface area contributed by atoms with Crippen molar-refractivity contribution < 1.29 is 17.0 Å². The van der Waals surface area contributed by atoms with E-state index < -0.39 is 0 Å². The molecule has 0 heterocycles. The van der Waals surface area contributed by atoms with Crippen LogP contribution in [-0.4, -0.2) is 24.9 Å². The quantitative estimate of drug-likeness (QED) is 0.354. The van der Waals surface area contributed by atoms with Crippen molar-refractivity contribution in [2.45, 2.75) is 0 Å². The van der Waals surface area contributed by atoms with E-state index in [4.69, 9.17) is 23.2 Å². The van der Waals surface area contributed by atoms with Gasteiger partial charge in [0.25, 0.3) is 0 Å². The minimum absolute atomic E-state index is 0. The SMILES string of the molecule is C[N+](C)=CC=C(Cl)Cl.[Cl-]. The molecule has 4 heteroatoms. The van der Waals surface area contributed by atoms with Crippen LogP contribution in [0.3, 0.4) is 0 Å². The van der Waals surface area contributed by atoms with Gasteiger partial charge in [-0.25, -0.2) is 4.58 Å². The smallest absolute Gasteiger partial charge is 0.165 e. The largest absolute Gasteiger partial charge is 1.00 e. The van der Waals surface area contributed by atoms with Crippen LogP contribution in [0.5, 0.6) is 0 Å². The molecule has 0 N–H and O–H groups in total. The van der Waals surface area contributed by atoms with Crippen LogP contribution in [0, 0.1) is 0 Å². The highest BCUT2D eigenvalue weighted by Crippen LogP contribution is 2.03. The van der Waals surface area contributed by atoms with Crippen molar-refractivity contribution in [3.05, 3.63) is 10.6 Å². The summed E-state index contributed by atoms with van der Waals surface area (Å²) in [5.74, 6) is 0. The third kappa shape index (κ3) is 11.7. The molecular formula is C5H8Cl3N. The van der Waals surface area contributed by atoms with Gasteiger partial charge in [-0.15, -0.1) is 0 Å². The summed E-state index contributed by atoms with van der Waals surface area (Å²) in [5, 5.41) is 0. The molecular weight excluding hydrogens is 180 g/mol. The van der Waals surface area contributed by atoms with Crippen molar-refractivity contribution in [3.63, 3.8) is 0 Å². The average Bonchev–Trinajstić information content (AvgIpc) is 1.61. The molecule has 0 bridgehead atoms. The number of nitrogens with zero attached hydrogens (tertiary/aromatic N) is 1. The van der Waals surface area contributed by atoms with Gasteiger partial charge in [0, 0.05) is 6.08 Å². The van der Waals surface area contributed by atoms with Crippen LogP contribution < -0.4 is 12.4 Å². The molecule has 0 aliphatic carbocycles. The zero-order valence-electron chi connectivity index (χ0n) is 5.24. The summed E-state index contributed by atoms with van der Waals surface area (Å²) in [6, 6.07) is 0. The van der Waals surface area contributed by atoms with E-state index in [-0.39, 0.29) is 16.9 Å². The van der Waals surface area contributed by atoms with Crippen molar-refractivity contribution in [3.8, 4) is 0 Å². The van der Waals surface area contributed by atoms with Crippen LogP contribution >= 0.6 is 23.2 Å². The number of hydrogen-bond acceptors (Lipinski definition) is 0. The first kappa shape index (κ1) is 12.0. The average molecular weight is 188 g/mol. The van der Waals surface area contributed by atoms with Gasteiger partial charge in [0.2, 0.25) is 0 Å². The fourth-order valence-corrected chi connectivity index (χ4v) is 0.318. The van der Waals surface area contributed by atoms with Crippen molar-refractivity contribution >= 4 is 29.4 Å². The molecule has 0 saturated carbocycles. The van der Waals surface area contributed by atoms with E-state index >= 15 is 0 Å². The van der Waals surface area contributed by atoms with E-state index in [0.717, 1.165) is 0 Å². The molecule has 0 amide bonds. The van der Waals surface area contributed by atoms with Gasteiger partial charge >= 0.3 is 0 Å². The Bertz CT molecular complexity index is 104. The molecule has 0 spiro atoms. The summed E-state index contributed by atoms with van der Waals surface area (Å²) >= 11 is 10.6. The highest BCUT2D eigenvalue weighted by molar-refractivity contribution is 6.56. The molecule has 0 aliphatic rings. The second kappa shape index (κ2) is 6.40. The van der Waals surface area contributed by atoms with Gasteiger partial charge in [0.15, 0.2) is 6.21 Å². The Morgan fingerprint density at radius 3 is 1.89 bits per heavy atom. The Hall–Kier alpha value is 0.280. The maximum Gasteiger partial charge on any atom is 0.165 e. The van der Waals surface area contributed by atoms with Gasteiger partial charge in [-0.3, -0.25) is 0 Å². The number of allylic oxidation sites excluding steroid dienone is 1. The van der Waals surface area contributed by atoms with Crippen LogP contribution in [0.4, 0.5) is 0 Å². The predicted octanol–water partition coefficient (Wildman–Crippen LogP) is -1.35. The summed E-state index contributed by atoms with van der Waals surface area (Å²) in [6.07, 6.45) is 3.39. The van der Waals surface area contributed by atoms with E-state index in [1.165, 1.54) is 0 Å². The van der Waals surface area contributed by atoms with Crippen LogP contribution in [0.15, 0.2) is 10.6 Å². The normalized spacial score (nSPS) is 7.11. The lowest BCUT2D eigenvalue weighted by Crippen LogP contribution is -3.00. The Balaban J connectivity index is 0. The molecule has 0 fully saturated rings. The lowest BCUT2D eigenvalue weighted by molar-refractivity contribution is -0.458. The van der Waals surface area contributed by atoms with Crippen molar-refractivity contribution in [2.24, 2.45) is 0 Å². The van der Waals surface area contributed by atoms with Gasteiger partial charge in [-0.05, 0) is 0 Å². The Morgan fingerprint density at radius 2 is 1.78 bits per heavy atom. The third-order valence-electron chi connectivity index (χ3n) is 0.499. The van der Waals surface area contributed by atoms with E-state index in [1.54, 1.807) is 12.3 Å². The molecule has 0 aliphatic heterocycles. The first-order valence-corrected chi connectivity index (χ1v) is 2.91. The van der Waals surface area contributed by atoms with Crippen molar-refractivity contribution in [2.75, 3.05) is 14.1 Å². The fraction of sp³-hybridized carbons (Fsp3) is 0.400. The number of rotatable bonds is 1. The molecule has 0 aromatic rings. The van der Waals surface area contributed by atoms with Gasteiger partial charge in [-0.2, -0.15) is 0 Å². The topological polar surface area (TPSA) is 3.01 Å². The van der Waals surface area contributed by atoms with Gasteiger partial charge < -0.3 is 12.4 Å². The van der Waals surface area contributed by atoms with Crippen LogP contribution in [0.25, 0.3) is 0 Å². The maximum atomic E-state index is 5.29. The van der Waals surface area contributed by atoms with Crippen LogP contribution in [-0.2, 0) is 0 Å². The molecule has 54 valence electrons. The zero-order valence-corrected chi connectivity index (χ0v) is 7.50. The number of halogens is 3. The summed E-state index contributed by atoms with van der Waals surface area (Å²) in [5.41, 5.74) is 0. The molecule has 0 saturated heterocycles. The first-order chi connectivity index (χ1) is 3.63. The molecule has 1 nitrogen and oxygen atoms in total. The highest BCUT2D eigenvalue weighted by atomic mass is 35.5. The predicted molar refractivity (Wildman–Crippen MR) is 38.0 cm³/mol. The lowest BCUT2D eigenvalue weighted by atomic mass is 10.7. The van der Waals surface area contributed by atoms with Crippen molar-refractivity contribution in [1.82, 2.24) is 0 Å². The molecule has 0 radical (unpaired) electrons. The van der Waals surface area contributed by atoms with E-state index in [2.05, 4.69) is 0 Å². The summed E-state index contributed by atoms with van der Waals surface area (Å²) in [7, 11) is 3.79. The molecule has 0 unspecified atom stereocenters. The van der Waals surface area contributed by atoms with E-state index in [0.29, 0.717) is 0 Å². The second-order valence-electron chi connectivity index (χ2n) is 1.57. The minimum Gasteiger partial charge on any atom is -1.00 e. The molecule has 0 aromatic carbocycles. The molecule has 0 aromatic heterocycles. The summed E-state index contributed by atoms with van der Waals surface area (Å²) in [4.78, 5) is 0. The van der Waals surface area contributed by atoms with Crippen LogP contribution in [0.1, 0.15) is 0 Å². The minimum atomic E-state index is 0. The second-order valence-corrected chi connectivity index (χ2v) is 2.58. The highest BCUT2D eigenvalue weighted by Gasteiger charge is 1.80. The third-order valence-corrected chi connectivity index (χ3v) is 0.751. The zero-order chi connectivity index (χ0) is 6.57. The first-order valence-electron chi connectivity index (χ1n) is 2.15. The molecule has 0 atom stereocenters. The van der Waals surface area contributed by atoms with E-state index in [9.17, 15) is 0 Å².